The van der Waals surface area contributed by atoms with Crippen LogP contribution >= 0.6 is 12.2 Å². The van der Waals surface area contributed by atoms with Crippen molar-refractivity contribution in [3.8, 4) is 0 Å². The van der Waals surface area contributed by atoms with Crippen LogP contribution in [0.15, 0.2) is 29.6 Å². The van der Waals surface area contributed by atoms with Gasteiger partial charge in [0, 0.05) is 23.7 Å². The van der Waals surface area contributed by atoms with Gasteiger partial charge in [-0.15, -0.1) is 0 Å². The van der Waals surface area contributed by atoms with E-state index in [0.29, 0.717) is 23.5 Å². The monoisotopic (exact) mass is 361 g/mol. The van der Waals surface area contributed by atoms with Gasteiger partial charge in [0.2, 0.25) is 5.91 Å². The third-order valence-electron chi connectivity index (χ3n) is 3.91. The highest BCUT2D eigenvalue weighted by Crippen LogP contribution is 2.09. The van der Waals surface area contributed by atoms with Crippen LogP contribution in [0.2, 0.25) is 0 Å². The summed E-state index contributed by atoms with van der Waals surface area (Å²) in [4.78, 5) is 27.7. The quantitative estimate of drug-likeness (QED) is 0.270. The van der Waals surface area contributed by atoms with Gasteiger partial charge in [-0.05, 0) is 50.0 Å². The minimum atomic E-state index is -0.334. The van der Waals surface area contributed by atoms with Crippen LogP contribution in [-0.2, 0) is 4.79 Å². The number of hydrogen-bond acceptors (Lipinski definition) is 5. The van der Waals surface area contributed by atoms with Crippen molar-refractivity contribution in [3.05, 3.63) is 30.1 Å². The number of unbranched alkanes of at least 4 members (excludes halogenated alkanes) is 2. The molecule has 2 amide bonds. The second kappa shape index (κ2) is 9.83. The largest absolute Gasteiger partial charge is 0.351 e. The Morgan fingerprint density at radius 3 is 2.72 bits per heavy atom. The lowest BCUT2D eigenvalue weighted by Crippen LogP contribution is -2.29. The summed E-state index contributed by atoms with van der Waals surface area (Å²) in [5.41, 5.74) is 3.98. The van der Waals surface area contributed by atoms with Crippen molar-refractivity contribution in [2.45, 2.75) is 51.5 Å². The minimum Gasteiger partial charge on any atom is -0.351 e. The van der Waals surface area contributed by atoms with E-state index in [1.807, 2.05) is 0 Å². The smallest absolute Gasteiger partial charge is 0.271 e. The van der Waals surface area contributed by atoms with E-state index < -0.39 is 0 Å². The molecule has 1 aliphatic rings. The van der Waals surface area contributed by atoms with E-state index in [2.05, 4.69) is 33.1 Å². The standard InChI is InChI=1S/C17H23N5O2S/c1-2-3-4-5-13(6-7-14-16(24)20-17(25)19-14)21-22-15(23)12-8-10-18-11-9-12/h8-11,14H,2-7H2,1H3,(H,22,23)(H2,19,20,24,25)/b21-13-/t14-/m1/s1. The number of aromatic nitrogens is 1. The molecule has 134 valence electrons. The first kappa shape index (κ1) is 19.0. The Balaban J connectivity index is 1.93. The van der Waals surface area contributed by atoms with Crippen molar-refractivity contribution in [2.75, 3.05) is 0 Å². The van der Waals surface area contributed by atoms with Crippen LogP contribution in [0, 0.1) is 0 Å². The maximum atomic E-state index is 12.1. The Kier molecular flexibility index (Phi) is 7.46. The number of nitrogens with zero attached hydrogens (tertiary/aromatic N) is 2. The van der Waals surface area contributed by atoms with Gasteiger partial charge in [0.25, 0.3) is 5.91 Å². The second-order valence-corrected chi connectivity index (χ2v) is 6.27. The molecule has 3 N–H and O–H groups in total. The average Bonchev–Trinajstić information content (AvgIpc) is 2.94. The lowest BCUT2D eigenvalue weighted by Gasteiger charge is -2.10. The van der Waals surface area contributed by atoms with Gasteiger partial charge in [-0.25, -0.2) is 5.43 Å². The molecule has 0 radical (unpaired) electrons. The number of carbonyl (C=O) groups is 2. The minimum absolute atomic E-state index is 0.112. The molecule has 0 aliphatic carbocycles. The number of thiocarbonyl (C=S) groups is 1. The molecule has 25 heavy (non-hydrogen) atoms. The van der Waals surface area contributed by atoms with Crippen LogP contribution in [0.1, 0.15) is 55.8 Å². The van der Waals surface area contributed by atoms with Gasteiger partial charge in [-0.3, -0.25) is 14.6 Å². The fourth-order valence-corrected chi connectivity index (χ4v) is 2.73. The third-order valence-corrected chi connectivity index (χ3v) is 4.13. The van der Waals surface area contributed by atoms with Crippen LogP contribution in [0.4, 0.5) is 0 Å². The molecule has 1 atom stereocenters. The zero-order valence-electron chi connectivity index (χ0n) is 14.2. The summed E-state index contributed by atoms with van der Waals surface area (Å²) in [5, 5.41) is 10.2. The summed E-state index contributed by atoms with van der Waals surface area (Å²) in [7, 11) is 0. The molecular formula is C17H23N5O2S. The molecule has 0 unspecified atom stereocenters. The van der Waals surface area contributed by atoms with Crippen LogP contribution in [0.3, 0.4) is 0 Å². The first-order valence-corrected chi connectivity index (χ1v) is 8.88. The van der Waals surface area contributed by atoms with Crippen LogP contribution in [0.25, 0.3) is 0 Å². The Labute approximate surface area is 152 Å². The molecule has 0 saturated carbocycles. The van der Waals surface area contributed by atoms with E-state index in [9.17, 15) is 9.59 Å². The number of carbonyl (C=O) groups excluding carboxylic acids is 2. The molecule has 1 saturated heterocycles. The van der Waals surface area contributed by atoms with Gasteiger partial charge in [0.1, 0.15) is 6.04 Å². The van der Waals surface area contributed by atoms with E-state index in [4.69, 9.17) is 12.2 Å². The Morgan fingerprint density at radius 2 is 2.08 bits per heavy atom. The molecular weight excluding hydrogens is 338 g/mol. The fourth-order valence-electron chi connectivity index (χ4n) is 2.49. The SMILES string of the molecule is CCCCC/C(CC[C@H]1NC(=S)NC1=O)=N/NC(=O)c1ccncc1. The molecule has 1 aromatic heterocycles. The summed E-state index contributed by atoms with van der Waals surface area (Å²) in [6.07, 6.45) is 8.34. The van der Waals surface area contributed by atoms with Gasteiger partial charge in [0.15, 0.2) is 5.11 Å². The van der Waals surface area contributed by atoms with Crippen molar-refractivity contribution < 1.29 is 9.59 Å². The van der Waals surface area contributed by atoms with Gasteiger partial charge in [-0.1, -0.05) is 19.8 Å². The van der Waals surface area contributed by atoms with Crippen molar-refractivity contribution in [3.63, 3.8) is 0 Å². The number of hydrazone groups is 1. The molecule has 1 fully saturated rings. The summed E-state index contributed by atoms with van der Waals surface area (Å²) in [5.74, 6) is -0.382. The summed E-state index contributed by atoms with van der Waals surface area (Å²) < 4.78 is 0. The molecule has 7 nitrogen and oxygen atoms in total. The summed E-state index contributed by atoms with van der Waals surface area (Å²) in [6.45, 7) is 2.13. The number of rotatable bonds is 9. The van der Waals surface area contributed by atoms with Gasteiger partial charge < -0.3 is 10.6 Å². The predicted octanol–water partition coefficient (Wildman–Crippen LogP) is 1.90. The number of hydrogen-bond donors (Lipinski definition) is 3. The lowest BCUT2D eigenvalue weighted by molar-refractivity contribution is -0.120. The average molecular weight is 361 g/mol. The second-order valence-electron chi connectivity index (χ2n) is 5.87. The molecule has 8 heteroatoms. The van der Waals surface area contributed by atoms with Crippen molar-refractivity contribution in [1.29, 1.82) is 0 Å². The molecule has 2 heterocycles. The van der Waals surface area contributed by atoms with Crippen molar-refractivity contribution in [1.82, 2.24) is 21.0 Å². The maximum absolute atomic E-state index is 12.1. The number of nitrogens with one attached hydrogen (secondary N) is 3. The van der Waals surface area contributed by atoms with E-state index in [1.54, 1.807) is 24.5 Å². The first-order chi connectivity index (χ1) is 12.1. The highest BCUT2D eigenvalue weighted by Gasteiger charge is 2.26. The van der Waals surface area contributed by atoms with Crippen LogP contribution in [-0.4, -0.2) is 33.7 Å². The van der Waals surface area contributed by atoms with E-state index in [0.717, 1.165) is 31.4 Å². The molecule has 1 aromatic rings. The zero-order chi connectivity index (χ0) is 18.1. The summed E-state index contributed by atoms with van der Waals surface area (Å²) >= 11 is 4.94. The predicted molar refractivity (Wildman–Crippen MR) is 100 cm³/mol. The van der Waals surface area contributed by atoms with E-state index >= 15 is 0 Å². The summed E-state index contributed by atoms with van der Waals surface area (Å²) in [6, 6.07) is 2.93. The highest BCUT2D eigenvalue weighted by atomic mass is 32.1. The molecule has 0 aromatic carbocycles. The number of amides is 2. The third kappa shape index (κ3) is 6.22. The Morgan fingerprint density at radius 1 is 1.32 bits per heavy atom. The van der Waals surface area contributed by atoms with E-state index in [1.165, 1.54) is 0 Å². The maximum Gasteiger partial charge on any atom is 0.271 e. The molecule has 1 aliphatic heterocycles. The molecule has 0 bridgehead atoms. The van der Waals surface area contributed by atoms with E-state index in [-0.39, 0.29) is 17.9 Å². The van der Waals surface area contributed by atoms with Crippen molar-refractivity contribution >= 4 is 34.9 Å². The zero-order valence-corrected chi connectivity index (χ0v) is 15.1. The molecule has 0 spiro atoms. The lowest BCUT2D eigenvalue weighted by atomic mass is 10.0. The topological polar surface area (TPSA) is 95.5 Å². The Bertz CT molecular complexity index is 648. The van der Waals surface area contributed by atoms with Gasteiger partial charge in [0.05, 0.1) is 0 Å². The Hall–Kier alpha value is -2.35. The first-order valence-electron chi connectivity index (χ1n) is 8.47. The highest BCUT2D eigenvalue weighted by molar-refractivity contribution is 7.80. The molecule has 2 rings (SSSR count). The fraction of sp³-hybridized carbons (Fsp3) is 0.471. The number of pyridine rings is 1. The van der Waals surface area contributed by atoms with Crippen molar-refractivity contribution in [2.24, 2.45) is 5.10 Å². The van der Waals surface area contributed by atoms with Gasteiger partial charge in [-0.2, -0.15) is 5.10 Å². The van der Waals surface area contributed by atoms with Crippen LogP contribution in [0.5, 0.6) is 0 Å². The van der Waals surface area contributed by atoms with Crippen LogP contribution < -0.4 is 16.1 Å². The normalized spacial score (nSPS) is 17.2. The van der Waals surface area contributed by atoms with Gasteiger partial charge >= 0.3 is 0 Å².